The summed E-state index contributed by atoms with van der Waals surface area (Å²) in [5, 5.41) is 1.33. The van der Waals surface area contributed by atoms with E-state index in [0.29, 0.717) is 0 Å². The van der Waals surface area contributed by atoms with Crippen molar-refractivity contribution in [1.82, 2.24) is 0 Å². The Morgan fingerprint density at radius 2 is 2.42 bits per heavy atom. The van der Waals surface area contributed by atoms with E-state index in [1.165, 1.54) is 10.8 Å². The summed E-state index contributed by atoms with van der Waals surface area (Å²) in [5.41, 5.74) is 1.18. The van der Waals surface area contributed by atoms with Crippen molar-refractivity contribution in [3.63, 3.8) is 0 Å². The lowest BCUT2D eigenvalue weighted by atomic mass is 10.2. The molecule has 1 rings (SSSR count). The van der Waals surface area contributed by atoms with E-state index in [4.69, 9.17) is 4.74 Å². The Balaban J connectivity index is 2.66. The predicted molar refractivity (Wildman–Crippen MR) is 53.8 cm³/mol. The molecule has 0 saturated carbocycles. The summed E-state index contributed by atoms with van der Waals surface area (Å²) in [7, 11) is 2.46. The summed E-state index contributed by atoms with van der Waals surface area (Å²) in [4.78, 5) is 0. The molecule has 0 N–H and O–H groups in total. The van der Waals surface area contributed by atoms with Gasteiger partial charge in [0, 0.05) is 13.3 Å². The van der Waals surface area contributed by atoms with E-state index >= 15 is 0 Å². The Morgan fingerprint density at radius 3 is 3.08 bits per heavy atom. The maximum Gasteiger partial charge on any atom is 0.114 e. The van der Waals surface area contributed by atoms with Crippen LogP contribution in [-0.4, -0.2) is 22.9 Å². The first kappa shape index (κ1) is 9.23. The van der Waals surface area contributed by atoms with Crippen LogP contribution in [0.25, 0.3) is 6.08 Å². The molecule has 0 amide bonds. The minimum Gasteiger partial charge on any atom is -0.388 e. The molecule has 0 saturated heterocycles. The third-order valence-corrected chi connectivity index (χ3v) is 2.70. The first-order chi connectivity index (χ1) is 5.86. The number of methoxy groups -OCH3 is 1. The van der Waals surface area contributed by atoms with E-state index in [1.54, 1.807) is 7.11 Å². The average Bonchev–Trinajstić information content (AvgIpc) is 2.15. The Morgan fingerprint density at radius 1 is 1.58 bits per heavy atom. The van der Waals surface area contributed by atoms with Gasteiger partial charge in [0.05, 0.1) is 0 Å². The second-order valence-electron chi connectivity index (χ2n) is 2.44. The van der Waals surface area contributed by atoms with Crippen LogP contribution in [0.5, 0.6) is 0 Å². The fourth-order valence-corrected chi connectivity index (χ4v) is 1.72. The molecule has 0 fully saturated rings. The van der Waals surface area contributed by atoms with Crippen LogP contribution in [-0.2, 0) is 4.74 Å². The number of hydrogen-bond donors (Lipinski definition) is 0. The summed E-state index contributed by atoms with van der Waals surface area (Å²) in [6.07, 6.45) is 2.67. The van der Waals surface area contributed by atoms with Gasteiger partial charge in [-0.1, -0.05) is 42.1 Å². The molecule has 0 aromatic heterocycles. The zero-order valence-electron chi connectivity index (χ0n) is 7.21. The van der Waals surface area contributed by atoms with Gasteiger partial charge in [0.2, 0.25) is 0 Å². The van der Waals surface area contributed by atoms with E-state index in [0.717, 1.165) is 15.7 Å². The molecule has 2 radical (unpaired) electrons. The SMILES string of the molecule is C=Cc1cccc([Si]COC)c1. The summed E-state index contributed by atoms with van der Waals surface area (Å²) in [5.74, 6) is 0. The largest absolute Gasteiger partial charge is 0.388 e. The molecule has 1 nitrogen and oxygen atoms in total. The van der Waals surface area contributed by atoms with E-state index in [9.17, 15) is 0 Å². The summed E-state index contributed by atoms with van der Waals surface area (Å²) < 4.78 is 5.01. The van der Waals surface area contributed by atoms with Crippen molar-refractivity contribution in [2.75, 3.05) is 13.3 Å². The predicted octanol–water partition coefficient (Wildman–Crippen LogP) is 1.26. The molecular weight excluding hydrogens is 164 g/mol. The second kappa shape index (κ2) is 4.90. The summed E-state index contributed by atoms with van der Waals surface area (Å²) in [6.45, 7) is 3.72. The number of benzene rings is 1. The molecule has 0 aliphatic heterocycles. The zero-order chi connectivity index (χ0) is 8.81. The minimum absolute atomic E-state index is 0.734. The van der Waals surface area contributed by atoms with Gasteiger partial charge < -0.3 is 4.74 Å². The van der Waals surface area contributed by atoms with E-state index < -0.39 is 0 Å². The van der Waals surface area contributed by atoms with Gasteiger partial charge in [-0.25, -0.2) is 0 Å². The molecule has 1 aromatic rings. The molecule has 0 bridgehead atoms. The molecule has 0 unspecified atom stereocenters. The normalized spacial score (nSPS) is 9.75. The van der Waals surface area contributed by atoms with Gasteiger partial charge in [-0.15, -0.1) is 0 Å². The molecule has 1 aromatic carbocycles. The molecule has 2 heteroatoms. The van der Waals surface area contributed by atoms with Crippen molar-refractivity contribution in [2.45, 2.75) is 0 Å². The fourth-order valence-electron chi connectivity index (χ4n) is 0.931. The second-order valence-corrected chi connectivity index (χ2v) is 3.66. The monoisotopic (exact) mass is 176 g/mol. The van der Waals surface area contributed by atoms with Crippen molar-refractivity contribution in [3.8, 4) is 0 Å². The van der Waals surface area contributed by atoms with Crippen LogP contribution in [0.2, 0.25) is 0 Å². The van der Waals surface area contributed by atoms with Crippen LogP contribution in [0.15, 0.2) is 30.8 Å². The topological polar surface area (TPSA) is 9.23 Å². The van der Waals surface area contributed by atoms with Crippen LogP contribution in [0, 0.1) is 0 Å². The highest BCUT2D eigenvalue weighted by Gasteiger charge is 1.93. The third-order valence-electron chi connectivity index (χ3n) is 1.54. The standard InChI is InChI=1S/C10H12OSi/c1-3-9-5-4-6-10(7-9)12-8-11-2/h3-7H,1,8H2,2H3. The van der Waals surface area contributed by atoms with Crippen LogP contribution >= 0.6 is 0 Å². The van der Waals surface area contributed by atoms with Crippen LogP contribution in [0.1, 0.15) is 5.56 Å². The molecule has 62 valence electrons. The Labute approximate surface area is 75.9 Å². The molecule has 0 aliphatic carbocycles. The first-order valence-corrected chi connectivity index (χ1v) is 5.03. The lowest BCUT2D eigenvalue weighted by Gasteiger charge is -1.99. The highest BCUT2D eigenvalue weighted by molar-refractivity contribution is 6.53. The van der Waals surface area contributed by atoms with E-state index in [1.807, 2.05) is 12.1 Å². The number of rotatable bonds is 4. The quantitative estimate of drug-likeness (QED) is 0.628. The van der Waals surface area contributed by atoms with Crippen LogP contribution < -0.4 is 5.19 Å². The molecule has 0 spiro atoms. The molecule has 12 heavy (non-hydrogen) atoms. The van der Waals surface area contributed by atoms with E-state index in [-0.39, 0.29) is 0 Å². The molecular formula is C10H12OSi. The molecule has 0 heterocycles. The lowest BCUT2D eigenvalue weighted by Crippen LogP contribution is -2.18. The molecule has 0 atom stereocenters. The van der Waals surface area contributed by atoms with Gasteiger partial charge in [0.1, 0.15) is 9.52 Å². The highest BCUT2D eigenvalue weighted by Crippen LogP contribution is 1.96. The summed E-state index contributed by atoms with van der Waals surface area (Å²) in [6, 6.07) is 8.36. The average molecular weight is 176 g/mol. The molecule has 0 aliphatic rings. The fraction of sp³-hybridized carbons (Fsp3) is 0.200. The van der Waals surface area contributed by atoms with Gasteiger partial charge in [-0.3, -0.25) is 0 Å². The third kappa shape index (κ3) is 2.64. The highest BCUT2D eigenvalue weighted by atomic mass is 28.2. The van der Waals surface area contributed by atoms with Crippen molar-refractivity contribution in [2.24, 2.45) is 0 Å². The van der Waals surface area contributed by atoms with Gasteiger partial charge in [0.25, 0.3) is 0 Å². The Hall–Kier alpha value is -0.863. The number of ether oxygens (including phenoxy) is 1. The van der Waals surface area contributed by atoms with Crippen molar-refractivity contribution in [3.05, 3.63) is 36.4 Å². The van der Waals surface area contributed by atoms with Crippen LogP contribution in [0.4, 0.5) is 0 Å². The lowest BCUT2D eigenvalue weighted by molar-refractivity contribution is 0.252. The van der Waals surface area contributed by atoms with Gasteiger partial charge in [-0.05, 0) is 5.56 Å². The Kier molecular flexibility index (Phi) is 3.77. The van der Waals surface area contributed by atoms with Crippen molar-refractivity contribution in [1.29, 1.82) is 0 Å². The van der Waals surface area contributed by atoms with Gasteiger partial charge >= 0.3 is 0 Å². The zero-order valence-corrected chi connectivity index (χ0v) is 8.21. The minimum atomic E-state index is 0.734. The van der Waals surface area contributed by atoms with E-state index in [2.05, 4.69) is 24.8 Å². The first-order valence-electron chi connectivity index (χ1n) is 3.82. The maximum absolute atomic E-state index is 5.01. The van der Waals surface area contributed by atoms with Crippen molar-refractivity contribution < 1.29 is 4.74 Å². The number of hydrogen-bond acceptors (Lipinski definition) is 1. The van der Waals surface area contributed by atoms with Crippen LogP contribution in [0.3, 0.4) is 0 Å². The summed E-state index contributed by atoms with van der Waals surface area (Å²) >= 11 is 0. The van der Waals surface area contributed by atoms with Gasteiger partial charge in [0.15, 0.2) is 0 Å². The van der Waals surface area contributed by atoms with Gasteiger partial charge in [-0.2, -0.15) is 0 Å². The Bertz CT molecular complexity index is 258. The van der Waals surface area contributed by atoms with Crippen molar-refractivity contribution >= 4 is 20.8 Å². The smallest absolute Gasteiger partial charge is 0.114 e. The maximum atomic E-state index is 5.01.